The monoisotopic (exact) mass is 265 g/mol. The molecule has 0 saturated heterocycles. The highest BCUT2D eigenvalue weighted by molar-refractivity contribution is 6.28. The molecule has 1 aromatic carbocycles. The second-order valence-corrected chi connectivity index (χ2v) is 4.97. The Morgan fingerprint density at radius 1 is 1.22 bits per heavy atom. The van der Waals surface area contributed by atoms with Crippen LogP contribution in [-0.4, -0.2) is 14.8 Å². The molecule has 1 heterocycles. The van der Waals surface area contributed by atoms with Crippen LogP contribution in [0.2, 0.25) is 5.28 Å². The summed E-state index contributed by atoms with van der Waals surface area (Å²) in [4.78, 5) is 0. The lowest BCUT2D eigenvalue weighted by Crippen LogP contribution is -2.05. The minimum Gasteiger partial charge on any atom is -0.301 e. The van der Waals surface area contributed by atoms with Gasteiger partial charge in [0.25, 0.3) is 0 Å². The standard InChI is InChI=1S/C13H13ClFN3/c14-13-17-16-12(10-3-4-10)18(13)8-7-9-1-5-11(15)6-2-9/h1-2,5-6,10H,3-4,7-8H2. The first-order chi connectivity index (χ1) is 8.74. The van der Waals surface area contributed by atoms with Gasteiger partial charge in [-0.2, -0.15) is 0 Å². The number of benzene rings is 1. The van der Waals surface area contributed by atoms with Crippen molar-refractivity contribution >= 4 is 11.6 Å². The molecule has 0 N–H and O–H groups in total. The third-order valence-electron chi connectivity index (χ3n) is 3.21. The zero-order valence-corrected chi connectivity index (χ0v) is 10.6. The Morgan fingerprint density at radius 3 is 2.61 bits per heavy atom. The van der Waals surface area contributed by atoms with Crippen molar-refractivity contribution in [3.05, 3.63) is 46.8 Å². The highest BCUT2D eigenvalue weighted by atomic mass is 35.5. The fraction of sp³-hybridized carbons (Fsp3) is 0.385. The summed E-state index contributed by atoms with van der Waals surface area (Å²) in [5.41, 5.74) is 1.09. The minimum absolute atomic E-state index is 0.209. The maximum atomic E-state index is 12.8. The van der Waals surface area contributed by atoms with E-state index >= 15 is 0 Å². The summed E-state index contributed by atoms with van der Waals surface area (Å²) in [6.07, 6.45) is 3.15. The van der Waals surface area contributed by atoms with Gasteiger partial charge in [-0.05, 0) is 48.6 Å². The van der Waals surface area contributed by atoms with Crippen LogP contribution in [0.1, 0.15) is 30.1 Å². The predicted octanol–water partition coefficient (Wildman–Crippen LogP) is 3.19. The molecule has 0 aliphatic heterocycles. The maximum absolute atomic E-state index is 12.8. The summed E-state index contributed by atoms with van der Waals surface area (Å²) >= 11 is 6.04. The van der Waals surface area contributed by atoms with Crippen LogP contribution in [0.25, 0.3) is 0 Å². The first kappa shape index (κ1) is 11.7. The fourth-order valence-corrected chi connectivity index (χ4v) is 2.25. The number of aryl methyl sites for hydroxylation is 1. The van der Waals surface area contributed by atoms with Gasteiger partial charge in [0.1, 0.15) is 11.6 Å². The fourth-order valence-electron chi connectivity index (χ4n) is 2.04. The summed E-state index contributed by atoms with van der Waals surface area (Å²) in [5, 5.41) is 8.49. The van der Waals surface area contributed by atoms with Gasteiger partial charge in [0.05, 0.1) is 0 Å². The van der Waals surface area contributed by atoms with Crippen LogP contribution in [0.15, 0.2) is 24.3 Å². The van der Waals surface area contributed by atoms with Gasteiger partial charge in [0.15, 0.2) is 0 Å². The molecule has 1 aliphatic rings. The molecule has 0 amide bonds. The van der Waals surface area contributed by atoms with Crippen molar-refractivity contribution in [1.29, 1.82) is 0 Å². The summed E-state index contributed by atoms with van der Waals surface area (Å²) in [5.74, 6) is 1.31. The van der Waals surface area contributed by atoms with E-state index in [4.69, 9.17) is 11.6 Å². The van der Waals surface area contributed by atoms with E-state index in [2.05, 4.69) is 10.2 Å². The number of hydrogen-bond acceptors (Lipinski definition) is 2. The molecule has 3 nitrogen and oxygen atoms in total. The van der Waals surface area contributed by atoms with Crippen LogP contribution in [0, 0.1) is 5.82 Å². The van der Waals surface area contributed by atoms with E-state index in [1.807, 2.05) is 4.57 Å². The molecule has 0 atom stereocenters. The van der Waals surface area contributed by atoms with Gasteiger partial charge in [0.2, 0.25) is 5.28 Å². The minimum atomic E-state index is -0.209. The summed E-state index contributed by atoms with van der Waals surface area (Å²) in [7, 11) is 0. The topological polar surface area (TPSA) is 30.7 Å². The Hall–Kier alpha value is -1.42. The molecule has 5 heteroatoms. The van der Waals surface area contributed by atoms with E-state index in [0.717, 1.165) is 24.4 Å². The third-order valence-corrected chi connectivity index (χ3v) is 3.49. The zero-order valence-electron chi connectivity index (χ0n) is 9.81. The Balaban J connectivity index is 1.72. The van der Waals surface area contributed by atoms with E-state index < -0.39 is 0 Å². The Morgan fingerprint density at radius 2 is 1.94 bits per heavy atom. The largest absolute Gasteiger partial charge is 0.301 e. The highest BCUT2D eigenvalue weighted by Crippen LogP contribution is 2.39. The molecule has 94 valence electrons. The summed E-state index contributed by atoms with van der Waals surface area (Å²) in [6, 6.07) is 6.55. The van der Waals surface area contributed by atoms with Crippen LogP contribution >= 0.6 is 11.6 Å². The Bertz CT molecular complexity index is 546. The smallest absolute Gasteiger partial charge is 0.225 e. The lowest BCUT2D eigenvalue weighted by Gasteiger charge is -2.07. The van der Waals surface area contributed by atoms with Crippen molar-refractivity contribution in [2.24, 2.45) is 0 Å². The van der Waals surface area contributed by atoms with Crippen molar-refractivity contribution in [1.82, 2.24) is 14.8 Å². The molecule has 1 fully saturated rings. The van der Waals surface area contributed by atoms with Crippen LogP contribution in [0.4, 0.5) is 4.39 Å². The van der Waals surface area contributed by atoms with Crippen molar-refractivity contribution in [3.63, 3.8) is 0 Å². The van der Waals surface area contributed by atoms with Crippen molar-refractivity contribution in [2.45, 2.75) is 31.7 Å². The molecule has 3 rings (SSSR count). The zero-order chi connectivity index (χ0) is 12.5. The van der Waals surface area contributed by atoms with Crippen molar-refractivity contribution in [3.8, 4) is 0 Å². The molecule has 0 spiro atoms. The van der Waals surface area contributed by atoms with Gasteiger partial charge in [-0.15, -0.1) is 10.2 Å². The lowest BCUT2D eigenvalue weighted by molar-refractivity contribution is 0.623. The van der Waals surface area contributed by atoms with Crippen LogP contribution in [0.5, 0.6) is 0 Å². The number of halogens is 2. The third kappa shape index (κ3) is 2.38. The first-order valence-electron chi connectivity index (χ1n) is 6.07. The van der Waals surface area contributed by atoms with E-state index in [-0.39, 0.29) is 5.82 Å². The molecule has 0 unspecified atom stereocenters. The van der Waals surface area contributed by atoms with Gasteiger partial charge >= 0.3 is 0 Å². The molecular formula is C13H13ClFN3. The van der Waals surface area contributed by atoms with Gasteiger partial charge in [0, 0.05) is 12.5 Å². The summed E-state index contributed by atoms with van der Waals surface area (Å²) in [6.45, 7) is 0.739. The second-order valence-electron chi connectivity index (χ2n) is 4.63. The number of nitrogens with zero attached hydrogens (tertiary/aromatic N) is 3. The molecule has 1 saturated carbocycles. The van der Waals surface area contributed by atoms with E-state index in [9.17, 15) is 4.39 Å². The van der Waals surface area contributed by atoms with Gasteiger partial charge < -0.3 is 4.57 Å². The van der Waals surface area contributed by atoms with E-state index in [1.54, 1.807) is 12.1 Å². The first-order valence-corrected chi connectivity index (χ1v) is 6.45. The molecule has 2 aromatic rings. The quantitative estimate of drug-likeness (QED) is 0.850. The number of aromatic nitrogens is 3. The second kappa shape index (κ2) is 4.69. The van der Waals surface area contributed by atoms with Crippen LogP contribution in [-0.2, 0) is 13.0 Å². The highest BCUT2D eigenvalue weighted by Gasteiger charge is 2.29. The number of rotatable bonds is 4. The van der Waals surface area contributed by atoms with E-state index in [0.29, 0.717) is 11.2 Å². The Kier molecular flexibility index (Phi) is 3.04. The molecule has 1 aromatic heterocycles. The van der Waals surface area contributed by atoms with Crippen molar-refractivity contribution < 1.29 is 4.39 Å². The molecule has 0 bridgehead atoms. The summed E-state index contributed by atoms with van der Waals surface area (Å²) < 4.78 is 14.8. The maximum Gasteiger partial charge on any atom is 0.225 e. The van der Waals surface area contributed by atoms with Crippen LogP contribution < -0.4 is 0 Å². The van der Waals surface area contributed by atoms with E-state index in [1.165, 1.54) is 25.0 Å². The van der Waals surface area contributed by atoms with Gasteiger partial charge in [-0.25, -0.2) is 4.39 Å². The lowest BCUT2D eigenvalue weighted by atomic mass is 10.1. The number of hydrogen-bond donors (Lipinski definition) is 0. The Labute approximate surface area is 110 Å². The molecular weight excluding hydrogens is 253 g/mol. The SMILES string of the molecule is Fc1ccc(CCn2c(Cl)nnc2C2CC2)cc1. The van der Waals surface area contributed by atoms with Crippen molar-refractivity contribution in [2.75, 3.05) is 0 Å². The van der Waals surface area contributed by atoms with Crippen LogP contribution in [0.3, 0.4) is 0 Å². The van der Waals surface area contributed by atoms with Gasteiger partial charge in [-0.3, -0.25) is 0 Å². The molecule has 1 aliphatic carbocycles. The average Bonchev–Trinajstić information content (AvgIpc) is 3.14. The molecule has 0 radical (unpaired) electrons. The normalized spacial score (nSPS) is 15.0. The average molecular weight is 266 g/mol. The van der Waals surface area contributed by atoms with Gasteiger partial charge in [-0.1, -0.05) is 12.1 Å². The predicted molar refractivity (Wildman–Crippen MR) is 67.1 cm³/mol. The molecule has 18 heavy (non-hydrogen) atoms.